The predicted molar refractivity (Wildman–Crippen MR) is 119 cm³/mol. The molecule has 1 atom stereocenters. The van der Waals surface area contributed by atoms with E-state index in [4.69, 9.17) is 9.47 Å². The molecule has 1 heterocycles. The number of carbonyl (C=O) groups excluding carboxylic acids is 2. The fourth-order valence-electron chi connectivity index (χ4n) is 3.55. The normalized spacial score (nSPS) is 15.2. The van der Waals surface area contributed by atoms with Gasteiger partial charge in [-0.05, 0) is 24.3 Å². The molecule has 0 bridgehead atoms. The summed E-state index contributed by atoms with van der Waals surface area (Å²) < 4.78 is 10.6. The summed E-state index contributed by atoms with van der Waals surface area (Å²) in [7, 11) is 3.40. The number of morpholine rings is 1. The zero-order valence-electron chi connectivity index (χ0n) is 18.2. The Morgan fingerprint density at radius 1 is 1.00 bits per heavy atom. The zero-order chi connectivity index (χ0) is 22.1. The summed E-state index contributed by atoms with van der Waals surface area (Å²) >= 11 is 0. The molecule has 8 heteroatoms. The molecule has 1 saturated heterocycles. The van der Waals surface area contributed by atoms with Crippen LogP contribution in [0.25, 0.3) is 0 Å². The van der Waals surface area contributed by atoms with Crippen LogP contribution in [0.2, 0.25) is 0 Å². The Morgan fingerprint density at radius 3 is 2.29 bits per heavy atom. The molecule has 2 amide bonds. The van der Waals surface area contributed by atoms with Crippen molar-refractivity contribution in [3.05, 3.63) is 54.1 Å². The number of hydrogen-bond acceptors (Lipinski definition) is 4. The summed E-state index contributed by atoms with van der Waals surface area (Å²) in [6.45, 7) is 5.04. The number of anilines is 2. The van der Waals surface area contributed by atoms with Crippen molar-refractivity contribution in [3.8, 4) is 5.75 Å². The molecule has 0 saturated carbocycles. The number of amides is 2. The van der Waals surface area contributed by atoms with Crippen molar-refractivity contribution in [1.82, 2.24) is 0 Å². The van der Waals surface area contributed by atoms with E-state index in [9.17, 15) is 9.59 Å². The Balaban J connectivity index is 1.41. The van der Waals surface area contributed by atoms with Gasteiger partial charge in [-0.1, -0.05) is 18.2 Å². The number of carbonyl (C=O) groups is 2. The van der Waals surface area contributed by atoms with Crippen molar-refractivity contribution in [1.29, 1.82) is 0 Å². The number of benzene rings is 2. The maximum absolute atomic E-state index is 12.3. The van der Waals surface area contributed by atoms with Crippen molar-refractivity contribution < 1.29 is 28.9 Å². The summed E-state index contributed by atoms with van der Waals surface area (Å²) in [4.78, 5) is 26.9. The highest BCUT2D eigenvalue weighted by Crippen LogP contribution is 2.16. The molecule has 1 aliphatic rings. The molecule has 166 valence electrons. The van der Waals surface area contributed by atoms with E-state index in [0.717, 1.165) is 43.4 Å². The number of rotatable bonds is 9. The zero-order valence-corrected chi connectivity index (χ0v) is 18.2. The lowest BCUT2D eigenvalue weighted by Crippen LogP contribution is -3.12. The highest BCUT2D eigenvalue weighted by Gasteiger charge is 2.16. The van der Waals surface area contributed by atoms with Crippen LogP contribution in [0.4, 0.5) is 11.4 Å². The molecule has 0 aliphatic carbocycles. The van der Waals surface area contributed by atoms with E-state index in [1.54, 1.807) is 19.2 Å². The average Bonchev–Trinajstić information content (AvgIpc) is 2.75. The highest BCUT2D eigenvalue weighted by molar-refractivity contribution is 5.93. The van der Waals surface area contributed by atoms with E-state index < -0.39 is 0 Å². The Hall–Kier alpha value is -2.94. The van der Waals surface area contributed by atoms with Gasteiger partial charge in [-0.2, -0.15) is 0 Å². The molecule has 0 spiro atoms. The first kappa shape index (κ1) is 22.7. The van der Waals surface area contributed by atoms with Crippen LogP contribution in [0.15, 0.2) is 48.5 Å². The third kappa shape index (κ3) is 7.67. The average molecular weight is 429 g/mol. The molecule has 2 aromatic carbocycles. The molecular formula is C23H32N4O4+2. The quantitative estimate of drug-likeness (QED) is 0.422. The van der Waals surface area contributed by atoms with Crippen LogP contribution in [0, 0.1) is 0 Å². The molecule has 0 radical (unpaired) electrons. The van der Waals surface area contributed by atoms with E-state index in [0.29, 0.717) is 11.4 Å². The standard InChI is InChI=1S/C23H30N4O4/c1-26(17-23(29)25-20-4-3-5-21(14-20)30-2)16-22(28)24-19-8-6-18(7-9-19)15-27-10-12-31-13-11-27/h3-9,14H,10-13,15-17H2,1-2H3,(H,24,28)(H,25,29)/p+2. The Labute approximate surface area is 183 Å². The second kappa shape index (κ2) is 11.5. The lowest BCUT2D eigenvalue weighted by Gasteiger charge is -2.23. The SMILES string of the molecule is COc1cccc(NC(=O)C[NH+](C)CC(=O)Nc2ccc(C[NH+]3CCOCC3)cc2)c1. The summed E-state index contributed by atoms with van der Waals surface area (Å²) in [5.74, 6) is 0.391. The Kier molecular flexibility index (Phi) is 8.40. The van der Waals surface area contributed by atoms with Gasteiger partial charge in [0.15, 0.2) is 13.1 Å². The van der Waals surface area contributed by atoms with Crippen molar-refractivity contribution in [2.75, 3.05) is 64.2 Å². The summed E-state index contributed by atoms with van der Waals surface area (Å²) in [6, 6.07) is 15.1. The monoisotopic (exact) mass is 428 g/mol. The fourth-order valence-corrected chi connectivity index (χ4v) is 3.55. The van der Waals surface area contributed by atoms with Gasteiger partial charge in [0.05, 0.1) is 27.4 Å². The number of likely N-dealkylation sites (N-methyl/N-ethyl adjacent to an activating group) is 1. The third-order valence-corrected chi connectivity index (χ3v) is 5.17. The van der Waals surface area contributed by atoms with E-state index in [1.165, 1.54) is 10.5 Å². The van der Waals surface area contributed by atoms with Gasteiger partial charge in [-0.15, -0.1) is 0 Å². The molecule has 2 aromatic rings. The van der Waals surface area contributed by atoms with Crippen LogP contribution < -0.4 is 25.2 Å². The van der Waals surface area contributed by atoms with E-state index in [1.807, 2.05) is 31.3 Å². The summed E-state index contributed by atoms with van der Waals surface area (Å²) in [5, 5.41) is 5.74. The first-order valence-electron chi connectivity index (χ1n) is 10.6. The van der Waals surface area contributed by atoms with E-state index in [-0.39, 0.29) is 24.9 Å². The van der Waals surface area contributed by atoms with Crippen LogP contribution in [0.1, 0.15) is 5.56 Å². The Morgan fingerprint density at radius 2 is 1.65 bits per heavy atom. The van der Waals surface area contributed by atoms with Gasteiger partial charge >= 0.3 is 0 Å². The molecule has 31 heavy (non-hydrogen) atoms. The topological polar surface area (TPSA) is 85.5 Å². The van der Waals surface area contributed by atoms with Crippen molar-refractivity contribution in [2.45, 2.75) is 6.54 Å². The summed E-state index contributed by atoms with van der Waals surface area (Å²) in [6.07, 6.45) is 0. The number of methoxy groups -OCH3 is 1. The number of quaternary nitrogens is 2. The van der Waals surface area contributed by atoms with Crippen LogP contribution in [-0.2, 0) is 20.9 Å². The van der Waals surface area contributed by atoms with Crippen LogP contribution in [0.5, 0.6) is 5.75 Å². The minimum atomic E-state index is -0.159. The third-order valence-electron chi connectivity index (χ3n) is 5.17. The van der Waals surface area contributed by atoms with Crippen molar-refractivity contribution in [3.63, 3.8) is 0 Å². The van der Waals surface area contributed by atoms with Gasteiger partial charge in [0.2, 0.25) is 0 Å². The van der Waals surface area contributed by atoms with Crippen molar-refractivity contribution >= 4 is 23.2 Å². The lowest BCUT2D eigenvalue weighted by molar-refractivity contribution is -0.921. The number of hydrogen-bond donors (Lipinski definition) is 4. The van der Waals surface area contributed by atoms with Gasteiger partial charge in [0.25, 0.3) is 11.8 Å². The second-order valence-corrected chi connectivity index (χ2v) is 7.88. The molecule has 1 unspecified atom stereocenters. The smallest absolute Gasteiger partial charge is 0.279 e. The van der Waals surface area contributed by atoms with Gasteiger partial charge in [0.1, 0.15) is 25.4 Å². The predicted octanol–water partition coefficient (Wildman–Crippen LogP) is -0.798. The molecule has 0 aromatic heterocycles. The summed E-state index contributed by atoms with van der Waals surface area (Å²) in [5.41, 5.74) is 2.67. The highest BCUT2D eigenvalue weighted by atomic mass is 16.5. The first-order chi connectivity index (χ1) is 15.0. The van der Waals surface area contributed by atoms with Crippen molar-refractivity contribution in [2.24, 2.45) is 0 Å². The Bertz CT molecular complexity index is 866. The number of ether oxygens (including phenoxy) is 2. The lowest BCUT2D eigenvalue weighted by atomic mass is 10.2. The second-order valence-electron chi connectivity index (χ2n) is 7.88. The van der Waals surface area contributed by atoms with Crippen LogP contribution in [0.3, 0.4) is 0 Å². The molecule has 1 fully saturated rings. The van der Waals surface area contributed by atoms with Gasteiger partial charge in [-0.25, -0.2) is 0 Å². The largest absolute Gasteiger partial charge is 0.497 e. The first-order valence-corrected chi connectivity index (χ1v) is 10.6. The molecular weight excluding hydrogens is 396 g/mol. The molecule has 4 N–H and O–H groups in total. The van der Waals surface area contributed by atoms with E-state index >= 15 is 0 Å². The van der Waals surface area contributed by atoms with Crippen LogP contribution in [-0.4, -0.2) is 65.4 Å². The minimum absolute atomic E-state index is 0.127. The van der Waals surface area contributed by atoms with Gasteiger partial charge in [-0.3, -0.25) is 9.59 Å². The molecule has 3 rings (SSSR count). The maximum Gasteiger partial charge on any atom is 0.279 e. The van der Waals surface area contributed by atoms with Gasteiger partial charge in [0, 0.05) is 23.0 Å². The molecule has 8 nitrogen and oxygen atoms in total. The van der Waals surface area contributed by atoms with E-state index in [2.05, 4.69) is 22.8 Å². The molecule has 1 aliphatic heterocycles. The number of nitrogens with one attached hydrogen (secondary N) is 4. The minimum Gasteiger partial charge on any atom is -0.497 e. The fraction of sp³-hybridized carbons (Fsp3) is 0.391. The van der Waals surface area contributed by atoms with Crippen LogP contribution >= 0.6 is 0 Å². The van der Waals surface area contributed by atoms with Gasteiger partial charge < -0.3 is 29.9 Å². The maximum atomic E-state index is 12.3.